The van der Waals surface area contributed by atoms with E-state index in [9.17, 15) is 4.79 Å². The molecule has 4 N–H and O–H groups in total. The second-order valence-corrected chi connectivity index (χ2v) is 6.38. The molecule has 0 aromatic carbocycles. The number of carbonyl (C=O) groups excluding carboxylic acids is 1. The Morgan fingerprint density at radius 2 is 2.05 bits per heavy atom. The fourth-order valence-corrected chi connectivity index (χ4v) is 2.85. The van der Waals surface area contributed by atoms with Crippen molar-refractivity contribution in [1.29, 1.82) is 0 Å². The van der Waals surface area contributed by atoms with E-state index >= 15 is 0 Å². The molecule has 1 aromatic rings. The Balaban J connectivity index is 2.45. The minimum Gasteiger partial charge on any atom is -0.382 e. The molecule has 0 saturated carbocycles. The summed E-state index contributed by atoms with van der Waals surface area (Å²) >= 11 is 1.32. The molecule has 1 aromatic heterocycles. The van der Waals surface area contributed by atoms with Crippen molar-refractivity contribution in [2.24, 2.45) is 0 Å². The van der Waals surface area contributed by atoms with Crippen LogP contribution >= 0.6 is 11.3 Å². The van der Waals surface area contributed by atoms with Crippen LogP contribution in [0.5, 0.6) is 0 Å². The third kappa shape index (κ3) is 6.33. The van der Waals surface area contributed by atoms with Crippen LogP contribution in [0.25, 0.3) is 0 Å². The van der Waals surface area contributed by atoms with Crippen molar-refractivity contribution < 1.29 is 4.79 Å². The van der Waals surface area contributed by atoms with Gasteiger partial charge in [-0.2, -0.15) is 0 Å². The number of aromatic nitrogens is 1. The first-order chi connectivity index (χ1) is 10.1. The number of unbranched alkanes of at least 4 members (excludes halogenated alkanes) is 3. The molecule has 0 radical (unpaired) electrons. The van der Waals surface area contributed by atoms with E-state index in [4.69, 9.17) is 5.73 Å². The SMILES string of the molecule is CCCCCCC(C)NC(=O)c1sc(NCCC)nc1N. The van der Waals surface area contributed by atoms with Crippen LogP contribution in [0.1, 0.15) is 69.0 Å². The molecule has 1 rings (SSSR count). The molecular weight excluding hydrogens is 284 g/mol. The zero-order chi connectivity index (χ0) is 15.7. The van der Waals surface area contributed by atoms with Crippen LogP contribution in [-0.4, -0.2) is 23.5 Å². The van der Waals surface area contributed by atoms with Crippen molar-refractivity contribution in [2.45, 2.75) is 65.3 Å². The van der Waals surface area contributed by atoms with Gasteiger partial charge < -0.3 is 16.4 Å². The summed E-state index contributed by atoms with van der Waals surface area (Å²) in [6, 6.07) is 0.169. The highest BCUT2D eigenvalue weighted by atomic mass is 32.1. The van der Waals surface area contributed by atoms with E-state index in [1.165, 1.54) is 30.6 Å². The first kappa shape index (κ1) is 17.8. The minimum atomic E-state index is -0.113. The molecule has 1 heterocycles. The number of hydrogen-bond donors (Lipinski definition) is 3. The lowest BCUT2D eigenvalue weighted by Crippen LogP contribution is -2.32. The first-order valence-corrected chi connectivity index (χ1v) is 8.71. The zero-order valence-electron chi connectivity index (χ0n) is 13.4. The third-order valence-electron chi connectivity index (χ3n) is 3.25. The molecule has 0 aliphatic carbocycles. The summed E-state index contributed by atoms with van der Waals surface area (Å²) < 4.78 is 0. The van der Waals surface area contributed by atoms with Gasteiger partial charge in [-0.1, -0.05) is 50.9 Å². The number of carbonyl (C=O) groups is 1. The Bertz CT molecular complexity index is 433. The fraction of sp³-hybridized carbons (Fsp3) is 0.733. The van der Waals surface area contributed by atoms with Gasteiger partial charge in [-0.15, -0.1) is 0 Å². The van der Waals surface area contributed by atoms with E-state index < -0.39 is 0 Å². The molecule has 0 spiro atoms. The lowest BCUT2D eigenvalue weighted by molar-refractivity contribution is 0.0942. The van der Waals surface area contributed by atoms with Gasteiger partial charge in [0.25, 0.3) is 5.91 Å². The Morgan fingerprint density at radius 3 is 2.71 bits per heavy atom. The summed E-state index contributed by atoms with van der Waals surface area (Å²) in [5, 5.41) is 6.88. The Kier molecular flexibility index (Phi) is 8.12. The van der Waals surface area contributed by atoms with Crippen molar-refractivity contribution in [1.82, 2.24) is 10.3 Å². The normalized spacial score (nSPS) is 12.1. The largest absolute Gasteiger partial charge is 0.382 e. The van der Waals surface area contributed by atoms with Gasteiger partial charge in [0.1, 0.15) is 10.7 Å². The maximum absolute atomic E-state index is 12.2. The van der Waals surface area contributed by atoms with Crippen LogP contribution in [0.4, 0.5) is 10.9 Å². The van der Waals surface area contributed by atoms with Crippen LogP contribution in [0.3, 0.4) is 0 Å². The second kappa shape index (κ2) is 9.60. The maximum atomic E-state index is 12.2. The molecule has 6 heteroatoms. The summed E-state index contributed by atoms with van der Waals surface area (Å²) in [6.45, 7) is 7.15. The van der Waals surface area contributed by atoms with Gasteiger partial charge in [-0.25, -0.2) is 4.98 Å². The van der Waals surface area contributed by atoms with E-state index in [-0.39, 0.29) is 11.9 Å². The van der Waals surface area contributed by atoms with Gasteiger partial charge in [0.15, 0.2) is 5.13 Å². The van der Waals surface area contributed by atoms with E-state index in [0.29, 0.717) is 10.7 Å². The number of amides is 1. The Labute approximate surface area is 131 Å². The summed E-state index contributed by atoms with van der Waals surface area (Å²) in [6.07, 6.45) is 6.88. The van der Waals surface area contributed by atoms with Crippen molar-refractivity contribution in [3.63, 3.8) is 0 Å². The van der Waals surface area contributed by atoms with Gasteiger partial charge in [0, 0.05) is 12.6 Å². The van der Waals surface area contributed by atoms with Crippen molar-refractivity contribution in [3.05, 3.63) is 4.88 Å². The van der Waals surface area contributed by atoms with Crippen LogP contribution in [0, 0.1) is 0 Å². The molecular formula is C15H28N4OS. The molecule has 0 saturated heterocycles. The minimum absolute atomic E-state index is 0.113. The fourth-order valence-electron chi connectivity index (χ4n) is 2.04. The van der Waals surface area contributed by atoms with Crippen LogP contribution in [-0.2, 0) is 0 Å². The highest BCUT2D eigenvalue weighted by Gasteiger charge is 2.17. The summed E-state index contributed by atoms with van der Waals surface area (Å²) in [5.74, 6) is 0.201. The topological polar surface area (TPSA) is 80.0 Å². The standard InChI is InChI=1S/C15H28N4OS/c1-4-6-7-8-9-11(3)18-14(20)12-13(16)19-15(21-12)17-10-5-2/h11H,4-10,16H2,1-3H3,(H,17,19)(H,18,20). The number of nitrogen functional groups attached to an aromatic ring is 1. The molecule has 0 fully saturated rings. The third-order valence-corrected chi connectivity index (χ3v) is 4.28. The van der Waals surface area contributed by atoms with Gasteiger partial charge in [0.2, 0.25) is 0 Å². The maximum Gasteiger partial charge on any atom is 0.265 e. The number of nitrogens with zero attached hydrogens (tertiary/aromatic N) is 1. The van der Waals surface area contributed by atoms with Crippen LogP contribution in [0.15, 0.2) is 0 Å². The molecule has 1 amide bonds. The number of nitrogens with one attached hydrogen (secondary N) is 2. The summed E-state index contributed by atoms with van der Waals surface area (Å²) in [4.78, 5) is 16.9. The van der Waals surface area contributed by atoms with Gasteiger partial charge in [-0.3, -0.25) is 4.79 Å². The molecule has 0 bridgehead atoms. The quantitative estimate of drug-likeness (QED) is 0.576. The summed E-state index contributed by atoms with van der Waals surface area (Å²) in [7, 11) is 0. The van der Waals surface area contributed by atoms with Gasteiger partial charge in [-0.05, 0) is 19.8 Å². The van der Waals surface area contributed by atoms with Crippen molar-refractivity contribution in [3.8, 4) is 0 Å². The summed E-state index contributed by atoms with van der Waals surface area (Å²) in [5.41, 5.74) is 5.83. The molecule has 5 nitrogen and oxygen atoms in total. The number of thiazole rings is 1. The van der Waals surface area contributed by atoms with Crippen LogP contribution in [0.2, 0.25) is 0 Å². The lowest BCUT2D eigenvalue weighted by Gasteiger charge is -2.12. The Hall–Kier alpha value is -1.30. The average molecular weight is 312 g/mol. The predicted octanol–water partition coefficient (Wildman–Crippen LogP) is 3.64. The molecule has 0 aliphatic rings. The van der Waals surface area contributed by atoms with Crippen molar-refractivity contribution in [2.75, 3.05) is 17.6 Å². The monoisotopic (exact) mass is 312 g/mol. The van der Waals surface area contributed by atoms with Crippen LogP contribution < -0.4 is 16.4 Å². The molecule has 1 unspecified atom stereocenters. The highest BCUT2D eigenvalue weighted by Crippen LogP contribution is 2.25. The van der Waals surface area contributed by atoms with E-state index in [2.05, 4.69) is 29.5 Å². The number of anilines is 2. The molecule has 0 aliphatic heterocycles. The van der Waals surface area contributed by atoms with E-state index in [1.54, 1.807) is 0 Å². The zero-order valence-corrected chi connectivity index (χ0v) is 14.2. The molecule has 1 atom stereocenters. The number of nitrogens with two attached hydrogens (primary N) is 1. The second-order valence-electron chi connectivity index (χ2n) is 5.38. The Morgan fingerprint density at radius 1 is 1.29 bits per heavy atom. The molecule has 120 valence electrons. The van der Waals surface area contributed by atoms with Crippen molar-refractivity contribution >= 4 is 28.2 Å². The molecule has 21 heavy (non-hydrogen) atoms. The number of hydrogen-bond acceptors (Lipinski definition) is 5. The first-order valence-electron chi connectivity index (χ1n) is 7.89. The van der Waals surface area contributed by atoms with Gasteiger partial charge in [0.05, 0.1) is 0 Å². The predicted molar refractivity (Wildman–Crippen MR) is 91.0 cm³/mol. The van der Waals surface area contributed by atoms with E-state index in [1.807, 2.05) is 6.92 Å². The lowest BCUT2D eigenvalue weighted by atomic mass is 10.1. The number of rotatable bonds is 10. The van der Waals surface area contributed by atoms with E-state index in [0.717, 1.165) is 30.9 Å². The van der Waals surface area contributed by atoms with Gasteiger partial charge >= 0.3 is 0 Å². The average Bonchev–Trinajstić information content (AvgIpc) is 2.82. The highest BCUT2D eigenvalue weighted by molar-refractivity contribution is 7.18. The smallest absolute Gasteiger partial charge is 0.265 e.